The van der Waals surface area contributed by atoms with Crippen LogP contribution in [0.15, 0.2) is 17.6 Å². The van der Waals surface area contributed by atoms with Gasteiger partial charge in [0.25, 0.3) is 0 Å². The molecule has 1 saturated heterocycles. The Balaban J connectivity index is 0.00000264. The van der Waals surface area contributed by atoms with Crippen LogP contribution >= 0.6 is 24.0 Å². The minimum atomic E-state index is -2.86. The van der Waals surface area contributed by atoms with E-state index in [-0.39, 0.29) is 53.4 Å². The summed E-state index contributed by atoms with van der Waals surface area (Å²) in [6.45, 7) is 4.75. The van der Waals surface area contributed by atoms with Crippen LogP contribution in [0, 0.1) is 23.2 Å². The summed E-state index contributed by atoms with van der Waals surface area (Å²) in [6.07, 6.45) is 5.36. The molecule has 0 amide bonds. The largest absolute Gasteiger partial charge is 0.353 e. The highest BCUT2D eigenvalue weighted by Crippen LogP contribution is 2.24. The Kier molecular flexibility index (Phi) is 8.33. The van der Waals surface area contributed by atoms with Gasteiger partial charge in [0.1, 0.15) is 0 Å². The first-order valence-corrected chi connectivity index (χ1v) is 9.62. The Hall–Kier alpha value is -0.820. The molecule has 2 N–H and O–H groups in total. The normalized spacial score (nSPS) is 29.3. The summed E-state index contributed by atoms with van der Waals surface area (Å²) < 4.78 is 23.0. The second-order valence-corrected chi connectivity index (χ2v) is 8.27. The second-order valence-electron chi connectivity index (χ2n) is 6.05. The number of sulfone groups is 1. The van der Waals surface area contributed by atoms with Gasteiger partial charge in [-0.05, 0) is 31.6 Å². The van der Waals surface area contributed by atoms with Gasteiger partial charge in [-0.3, -0.25) is 4.99 Å². The van der Waals surface area contributed by atoms with Gasteiger partial charge in [-0.2, -0.15) is 5.26 Å². The van der Waals surface area contributed by atoms with Crippen molar-refractivity contribution in [3.8, 4) is 6.07 Å². The van der Waals surface area contributed by atoms with Crippen LogP contribution in [-0.2, 0) is 9.84 Å². The van der Waals surface area contributed by atoms with Crippen molar-refractivity contribution in [1.82, 2.24) is 10.6 Å². The minimum absolute atomic E-state index is 0. The van der Waals surface area contributed by atoms with Gasteiger partial charge in [0.2, 0.25) is 0 Å². The third-order valence-electron chi connectivity index (χ3n) is 4.25. The molecule has 0 aromatic rings. The number of halogens is 1. The number of hydrogen-bond acceptors (Lipinski definition) is 4. The highest BCUT2D eigenvalue weighted by molar-refractivity contribution is 14.0. The molecule has 3 unspecified atom stereocenters. The summed E-state index contributed by atoms with van der Waals surface area (Å²) in [6, 6.07) is 2.46. The molecular formula is C15H25IN4O2S. The van der Waals surface area contributed by atoms with Gasteiger partial charge >= 0.3 is 0 Å². The Bertz CT molecular complexity index is 571. The minimum Gasteiger partial charge on any atom is -0.353 e. The van der Waals surface area contributed by atoms with E-state index in [4.69, 9.17) is 5.26 Å². The summed E-state index contributed by atoms with van der Waals surface area (Å²) in [4.78, 5) is 4.51. The molecule has 3 atom stereocenters. The van der Waals surface area contributed by atoms with Crippen molar-refractivity contribution in [3.05, 3.63) is 12.7 Å². The van der Waals surface area contributed by atoms with Gasteiger partial charge in [0.05, 0.1) is 23.5 Å². The van der Waals surface area contributed by atoms with E-state index in [1.165, 1.54) is 0 Å². The van der Waals surface area contributed by atoms with Crippen molar-refractivity contribution in [1.29, 1.82) is 5.26 Å². The van der Waals surface area contributed by atoms with E-state index in [0.717, 1.165) is 19.3 Å². The number of hydrogen-bond donors (Lipinski definition) is 2. The number of nitrogens with one attached hydrogen (secondary N) is 2. The fraction of sp³-hybridized carbons (Fsp3) is 0.733. The summed E-state index contributed by atoms with van der Waals surface area (Å²) in [5.41, 5.74) is 0. The zero-order chi connectivity index (χ0) is 16.0. The van der Waals surface area contributed by atoms with E-state index in [1.54, 1.807) is 6.08 Å². The van der Waals surface area contributed by atoms with Gasteiger partial charge in [-0.25, -0.2) is 8.42 Å². The monoisotopic (exact) mass is 452 g/mol. The fourth-order valence-corrected chi connectivity index (χ4v) is 4.87. The van der Waals surface area contributed by atoms with Gasteiger partial charge in [-0.1, -0.05) is 6.08 Å². The van der Waals surface area contributed by atoms with Crippen LogP contribution in [0.5, 0.6) is 0 Å². The number of rotatable bonds is 5. The molecule has 0 spiro atoms. The van der Waals surface area contributed by atoms with Crippen LogP contribution in [0.3, 0.4) is 0 Å². The Morgan fingerprint density at radius 1 is 1.39 bits per heavy atom. The molecular weight excluding hydrogens is 427 g/mol. The molecule has 0 aromatic carbocycles. The van der Waals surface area contributed by atoms with Crippen LogP contribution in [0.4, 0.5) is 0 Å². The van der Waals surface area contributed by atoms with Crippen LogP contribution < -0.4 is 10.6 Å². The molecule has 2 fully saturated rings. The molecule has 2 aliphatic rings. The maximum Gasteiger partial charge on any atom is 0.191 e. The first-order chi connectivity index (χ1) is 10.5. The zero-order valence-corrected chi connectivity index (χ0v) is 16.3. The first kappa shape index (κ1) is 20.2. The third kappa shape index (κ3) is 6.30. The number of nitrogens with zero attached hydrogens (tertiary/aromatic N) is 2. The summed E-state index contributed by atoms with van der Waals surface area (Å²) in [5.74, 6) is 1.27. The van der Waals surface area contributed by atoms with Crippen molar-refractivity contribution in [2.45, 2.75) is 31.7 Å². The Labute approximate surface area is 155 Å². The topological polar surface area (TPSA) is 94.3 Å². The molecule has 1 saturated carbocycles. The quantitative estimate of drug-likeness (QED) is 0.285. The molecule has 0 aromatic heterocycles. The van der Waals surface area contributed by atoms with Crippen molar-refractivity contribution >= 4 is 39.8 Å². The maximum absolute atomic E-state index is 11.5. The lowest BCUT2D eigenvalue weighted by Gasteiger charge is -2.19. The number of nitriles is 1. The summed E-state index contributed by atoms with van der Waals surface area (Å²) in [5, 5.41) is 15.6. The van der Waals surface area contributed by atoms with Crippen molar-refractivity contribution in [3.63, 3.8) is 0 Å². The third-order valence-corrected chi connectivity index (χ3v) is 6.09. The molecule has 0 radical (unpaired) electrons. The van der Waals surface area contributed by atoms with E-state index in [1.807, 2.05) is 0 Å². The highest BCUT2D eigenvalue weighted by Gasteiger charge is 2.29. The number of guanidine groups is 1. The smallest absolute Gasteiger partial charge is 0.191 e. The molecule has 1 aliphatic heterocycles. The lowest BCUT2D eigenvalue weighted by molar-refractivity contribution is 0.529. The van der Waals surface area contributed by atoms with E-state index >= 15 is 0 Å². The molecule has 8 heteroatoms. The summed E-state index contributed by atoms with van der Waals surface area (Å²) >= 11 is 0. The Morgan fingerprint density at radius 3 is 2.78 bits per heavy atom. The van der Waals surface area contributed by atoms with E-state index in [9.17, 15) is 8.42 Å². The van der Waals surface area contributed by atoms with E-state index in [0.29, 0.717) is 25.5 Å². The van der Waals surface area contributed by atoms with Crippen molar-refractivity contribution < 1.29 is 8.42 Å². The predicted molar refractivity (Wildman–Crippen MR) is 103 cm³/mol. The van der Waals surface area contributed by atoms with Gasteiger partial charge < -0.3 is 10.6 Å². The lowest BCUT2D eigenvalue weighted by atomic mass is 10.1. The van der Waals surface area contributed by atoms with Gasteiger partial charge in [0.15, 0.2) is 15.8 Å². The maximum atomic E-state index is 11.5. The molecule has 0 bridgehead atoms. The predicted octanol–water partition coefficient (Wildman–Crippen LogP) is 1.45. The van der Waals surface area contributed by atoms with Crippen molar-refractivity contribution in [2.24, 2.45) is 16.8 Å². The van der Waals surface area contributed by atoms with E-state index in [2.05, 4.69) is 28.3 Å². The van der Waals surface area contributed by atoms with Gasteiger partial charge in [-0.15, -0.1) is 30.6 Å². The SMILES string of the molecule is C=CCNC(=NCC1CCS(=O)(=O)C1)NC1CCCC1C#N.I. The standard InChI is InChI=1S/C15H24N4O2S.HI/c1-2-7-17-15(19-14-5-3-4-13(14)9-16)18-10-12-6-8-22(20,21)11-12;/h2,12-14H,1,3-8,10-11H2,(H2,17,18,19);1H. The number of aliphatic imine (C=N–C) groups is 1. The zero-order valence-electron chi connectivity index (χ0n) is 13.2. The van der Waals surface area contributed by atoms with Crippen LogP contribution in [0.25, 0.3) is 0 Å². The van der Waals surface area contributed by atoms with Crippen LogP contribution in [-0.4, -0.2) is 45.0 Å². The first-order valence-electron chi connectivity index (χ1n) is 7.80. The Morgan fingerprint density at radius 2 is 2.17 bits per heavy atom. The lowest BCUT2D eigenvalue weighted by Crippen LogP contribution is -2.45. The average Bonchev–Trinajstić information content (AvgIpc) is 3.07. The van der Waals surface area contributed by atoms with Gasteiger partial charge in [0, 0.05) is 19.1 Å². The average molecular weight is 452 g/mol. The van der Waals surface area contributed by atoms with Crippen LogP contribution in [0.2, 0.25) is 0 Å². The van der Waals surface area contributed by atoms with Crippen molar-refractivity contribution in [2.75, 3.05) is 24.6 Å². The highest BCUT2D eigenvalue weighted by atomic mass is 127. The molecule has 130 valence electrons. The molecule has 6 nitrogen and oxygen atoms in total. The second kappa shape index (κ2) is 9.47. The molecule has 1 aliphatic carbocycles. The molecule has 2 rings (SSSR count). The summed E-state index contributed by atoms with van der Waals surface area (Å²) in [7, 11) is -2.86. The molecule has 23 heavy (non-hydrogen) atoms. The molecule has 1 heterocycles. The van der Waals surface area contributed by atoms with E-state index < -0.39 is 9.84 Å². The van der Waals surface area contributed by atoms with Crippen LogP contribution in [0.1, 0.15) is 25.7 Å². The fourth-order valence-electron chi connectivity index (χ4n) is 3.02.